The highest BCUT2D eigenvalue weighted by molar-refractivity contribution is 7.91. The molecule has 3 N–H and O–H groups in total. The molecule has 0 aromatic heterocycles. The van der Waals surface area contributed by atoms with E-state index in [1.807, 2.05) is 6.92 Å². The number of amides is 1. The lowest BCUT2D eigenvalue weighted by molar-refractivity contribution is -0.123. The third kappa shape index (κ3) is 4.43. The fourth-order valence-corrected chi connectivity index (χ4v) is 4.70. The Morgan fingerprint density at radius 2 is 2.00 bits per heavy atom. The zero-order valence-corrected chi connectivity index (χ0v) is 12.9. The van der Waals surface area contributed by atoms with Gasteiger partial charge in [-0.2, -0.15) is 0 Å². The molecule has 0 aliphatic carbocycles. The van der Waals surface area contributed by atoms with Crippen LogP contribution in [0.25, 0.3) is 0 Å². The van der Waals surface area contributed by atoms with Gasteiger partial charge in [-0.3, -0.25) is 9.69 Å². The topological polar surface area (TPSA) is 92.5 Å². The second-order valence-electron chi connectivity index (χ2n) is 6.14. The molecule has 20 heavy (non-hydrogen) atoms. The maximum atomic E-state index is 11.9. The average molecular weight is 303 g/mol. The molecule has 0 spiro atoms. The smallest absolute Gasteiger partial charge is 0.234 e. The molecule has 6 nitrogen and oxygen atoms in total. The zero-order chi connectivity index (χ0) is 14.8. The number of piperidine rings is 1. The number of likely N-dealkylation sites (tertiary alicyclic amines) is 1. The molecule has 0 aromatic carbocycles. The van der Waals surface area contributed by atoms with Gasteiger partial charge in [0.2, 0.25) is 5.91 Å². The van der Waals surface area contributed by atoms with Crippen LogP contribution in [0.5, 0.6) is 0 Å². The summed E-state index contributed by atoms with van der Waals surface area (Å²) in [6.07, 6.45) is 2.60. The monoisotopic (exact) mass is 303 g/mol. The van der Waals surface area contributed by atoms with E-state index in [-0.39, 0.29) is 29.5 Å². The summed E-state index contributed by atoms with van der Waals surface area (Å²) in [5.41, 5.74) is 5.89. The number of rotatable bonds is 4. The maximum Gasteiger partial charge on any atom is 0.234 e. The van der Waals surface area contributed by atoms with E-state index in [4.69, 9.17) is 5.73 Å². The molecular formula is C13H25N3O3S. The predicted octanol–water partition coefficient (Wildman–Crippen LogP) is -0.651. The standard InChI is InChI=1S/C13H25N3O3S/c1-10(14)11-2-5-16(6-3-11)8-13(17)15-12-4-7-20(18,19)9-12/h10-12H,2-9,14H2,1H3,(H,15,17). The van der Waals surface area contributed by atoms with Gasteiger partial charge in [0, 0.05) is 12.1 Å². The Morgan fingerprint density at radius 1 is 1.35 bits per heavy atom. The molecule has 2 fully saturated rings. The second kappa shape index (κ2) is 6.41. The molecule has 2 aliphatic heterocycles. The molecule has 2 saturated heterocycles. The highest BCUT2D eigenvalue weighted by Crippen LogP contribution is 2.19. The first-order valence-corrected chi connectivity index (χ1v) is 9.15. The third-order valence-electron chi connectivity index (χ3n) is 4.34. The molecule has 0 saturated carbocycles. The van der Waals surface area contributed by atoms with Crippen molar-refractivity contribution in [3.05, 3.63) is 0 Å². The minimum atomic E-state index is -2.93. The van der Waals surface area contributed by atoms with Gasteiger partial charge < -0.3 is 11.1 Å². The van der Waals surface area contributed by atoms with Crippen LogP contribution >= 0.6 is 0 Å². The maximum absolute atomic E-state index is 11.9. The number of carbonyl (C=O) groups is 1. The van der Waals surface area contributed by atoms with E-state index in [2.05, 4.69) is 10.2 Å². The highest BCUT2D eigenvalue weighted by Gasteiger charge is 2.29. The molecule has 2 rings (SSSR count). The fourth-order valence-electron chi connectivity index (χ4n) is 3.02. The number of nitrogens with zero attached hydrogens (tertiary/aromatic N) is 1. The molecule has 2 heterocycles. The Balaban J connectivity index is 1.71. The van der Waals surface area contributed by atoms with Crippen LogP contribution in [0.3, 0.4) is 0 Å². The summed E-state index contributed by atoms with van der Waals surface area (Å²) in [7, 11) is -2.93. The molecule has 2 aliphatic rings. The van der Waals surface area contributed by atoms with Crippen molar-refractivity contribution >= 4 is 15.7 Å². The van der Waals surface area contributed by atoms with E-state index < -0.39 is 9.84 Å². The number of nitrogens with two attached hydrogens (primary N) is 1. The summed E-state index contributed by atoms with van der Waals surface area (Å²) in [5, 5.41) is 2.83. The van der Waals surface area contributed by atoms with Gasteiger partial charge in [-0.05, 0) is 45.2 Å². The highest BCUT2D eigenvalue weighted by atomic mass is 32.2. The Morgan fingerprint density at radius 3 is 2.50 bits per heavy atom. The Bertz CT molecular complexity index is 442. The van der Waals surface area contributed by atoms with Crippen molar-refractivity contribution in [1.29, 1.82) is 0 Å². The van der Waals surface area contributed by atoms with Crippen LogP contribution in [-0.4, -0.2) is 62.4 Å². The molecule has 2 atom stereocenters. The van der Waals surface area contributed by atoms with Gasteiger partial charge in [-0.15, -0.1) is 0 Å². The van der Waals surface area contributed by atoms with E-state index in [1.54, 1.807) is 0 Å². The third-order valence-corrected chi connectivity index (χ3v) is 6.11. The van der Waals surface area contributed by atoms with Gasteiger partial charge in [-0.1, -0.05) is 0 Å². The van der Waals surface area contributed by atoms with Crippen LogP contribution in [-0.2, 0) is 14.6 Å². The Kier molecular flexibility index (Phi) is 5.04. The first kappa shape index (κ1) is 15.7. The van der Waals surface area contributed by atoms with E-state index >= 15 is 0 Å². The van der Waals surface area contributed by atoms with Crippen molar-refractivity contribution in [1.82, 2.24) is 10.2 Å². The lowest BCUT2D eigenvalue weighted by atomic mass is 9.91. The zero-order valence-electron chi connectivity index (χ0n) is 12.0. The van der Waals surface area contributed by atoms with Crippen molar-refractivity contribution in [2.75, 3.05) is 31.1 Å². The quantitative estimate of drug-likeness (QED) is 0.720. The molecule has 0 radical (unpaired) electrons. The van der Waals surface area contributed by atoms with Crippen LogP contribution in [0.2, 0.25) is 0 Å². The minimum absolute atomic E-state index is 0.0636. The SMILES string of the molecule is CC(N)C1CCN(CC(=O)NC2CCS(=O)(=O)C2)CC1. The summed E-state index contributed by atoms with van der Waals surface area (Å²) in [6.45, 7) is 4.18. The van der Waals surface area contributed by atoms with Crippen LogP contribution in [0, 0.1) is 5.92 Å². The summed E-state index contributed by atoms with van der Waals surface area (Å²) < 4.78 is 22.7. The number of nitrogens with one attached hydrogen (secondary N) is 1. The van der Waals surface area contributed by atoms with Crippen molar-refractivity contribution < 1.29 is 13.2 Å². The van der Waals surface area contributed by atoms with E-state index in [1.165, 1.54) is 0 Å². The fraction of sp³-hybridized carbons (Fsp3) is 0.923. The predicted molar refractivity (Wildman–Crippen MR) is 78.0 cm³/mol. The van der Waals surface area contributed by atoms with Crippen LogP contribution < -0.4 is 11.1 Å². The first-order valence-electron chi connectivity index (χ1n) is 7.33. The van der Waals surface area contributed by atoms with Crippen molar-refractivity contribution in [2.24, 2.45) is 11.7 Å². The molecule has 116 valence electrons. The van der Waals surface area contributed by atoms with Gasteiger partial charge in [0.05, 0.1) is 18.1 Å². The Hall–Kier alpha value is -0.660. The minimum Gasteiger partial charge on any atom is -0.351 e. The summed E-state index contributed by atoms with van der Waals surface area (Å²) >= 11 is 0. The molecule has 0 bridgehead atoms. The second-order valence-corrected chi connectivity index (χ2v) is 8.37. The molecule has 0 aromatic rings. The average Bonchev–Trinajstić information content (AvgIpc) is 2.69. The molecule has 2 unspecified atom stereocenters. The normalized spacial score (nSPS) is 29.2. The largest absolute Gasteiger partial charge is 0.351 e. The van der Waals surface area contributed by atoms with Crippen molar-refractivity contribution in [2.45, 2.75) is 38.3 Å². The number of carbonyl (C=O) groups excluding carboxylic acids is 1. The van der Waals surface area contributed by atoms with Crippen LogP contribution in [0.1, 0.15) is 26.2 Å². The molecular weight excluding hydrogens is 278 g/mol. The molecule has 7 heteroatoms. The number of hydrogen-bond acceptors (Lipinski definition) is 5. The number of sulfone groups is 1. The lowest BCUT2D eigenvalue weighted by Gasteiger charge is -2.33. The van der Waals surface area contributed by atoms with E-state index in [0.29, 0.717) is 18.9 Å². The van der Waals surface area contributed by atoms with Crippen molar-refractivity contribution in [3.63, 3.8) is 0 Å². The van der Waals surface area contributed by atoms with Crippen LogP contribution in [0.15, 0.2) is 0 Å². The number of hydrogen-bond donors (Lipinski definition) is 2. The lowest BCUT2D eigenvalue weighted by Crippen LogP contribution is -2.46. The van der Waals surface area contributed by atoms with E-state index in [9.17, 15) is 13.2 Å². The molecule has 1 amide bonds. The van der Waals surface area contributed by atoms with Gasteiger partial charge in [0.1, 0.15) is 0 Å². The van der Waals surface area contributed by atoms with Gasteiger partial charge in [0.15, 0.2) is 9.84 Å². The van der Waals surface area contributed by atoms with Crippen molar-refractivity contribution in [3.8, 4) is 0 Å². The van der Waals surface area contributed by atoms with Gasteiger partial charge in [0.25, 0.3) is 0 Å². The Labute approximate surface area is 121 Å². The summed E-state index contributed by atoms with van der Waals surface area (Å²) in [5.74, 6) is 0.768. The first-order chi connectivity index (χ1) is 9.35. The summed E-state index contributed by atoms with van der Waals surface area (Å²) in [6, 6.07) is 0.0174. The van der Waals surface area contributed by atoms with E-state index in [0.717, 1.165) is 25.9 Å². The summed E-state index contributed by atoms with van der Waals surface area (Å²) in [4.78, 5) is 14.0. The van der Waals surface area contributed by atoms with Crippen LogP contribution in [0.4, 0.5) is 0 Å². The van der Waals surface area contributed by atoms with Gasteiger partial charge in [-0.25, -0.2) is 8.42 Å². The van der Waals surface area contributed by atoms with Gasteiger partial charge >= 0.3 is 0 Å².